The van der Waals surface area contributed by atoms with E-state index in [0.29, 0.717) is 11.6 Å². The van der Waals surface area contributed by atoms with E-state index < -0.39 is 11.9 Å². The van der Waals surface area contributed by atoms with E-state index in [9.17, 15) is 9.59 Å². The smallest absolute Gasteiger partial charge is 0.343 e. The average molecular weight is 487 g/mol. The number of benzene rings is 2. The van der Waals surface area contributed by atoms with Crippen LogP contribution in [0.4, 0.5) is 5.82 Å². The lowest BCUT2D eigenvalue weighted by Gasteiger charge is -2.14. The van der Waals surface area contributed by atoms with Crippen molar-refractivity contribution in [1.29, 1.82) is 0 Å². The van der Waals surface area contributed by atoms with Gasteiger partial charge in [0.15, 0.2) is 18.2 Å². The predicted molar refractivity (Wildman–Crippen MR) is 139 cm³/mol. The Hall–Kier alpha value is -4.20. The van der Waals surface area contributed by atoms with E-state index >= 15 is 0 Å². The first-order chi connectivity index (χ1) is 17.3. The zero-order valence-corrected chi connectivity index (χ0v) is 21.2. The van der Waals surface area contributed by atoms with Crippen LogP contribution in [-0.2, 0) is 16.0 Å². The molecule has 0 saturated carbocycles. The number of hydrogen-bond acceptors (Lipinski definition) is 6. The summed E-state index contributed by atoms with van der Waals surface area (Å²) >= 11 is 0. The fourth-order valence-electron chi connectivity index (χ4n) is 4.18. The van der Waals surface area contributed by atoms with Gasteiger partial charge in [-0.05, 0) is 69.0 Å². The van der Waals surface area contributed by atoms with Gasteiger partial charge in [-0.25, -0.2) is 9.78 Å². The molecule has 4 aromatic rings. The van der Waals surface area contributed by atoms with Gasteiger partial charge in [0.25, 0.3) is 5.91 Å². The minimum Gasteiger partial charge on any atom is -0.483 e. The molecule has 0 saturated heterocycles. The largest absolute Gasteiger partial charge is 0.483 e. The summed E-state index contributed by atoms with van der Waals surface area (Å²) in [6, 6.07) is 13.6. The Kier molecular flexibility index (Phi) is 7.33. The number of aryl methyl sites for hydroxylation is 4. The van der Waals surface area contributed by atoms with Crippen molar-refractivity contribution in [2.75, 3.05) is 18.5 Å². The standard InChI is InChI=1S/C28H30N4O4/c1-6-20-10-8-9-11-23(20)36-16-25(33)31-27-22(28(34)35-7-2)15-29-32(27)24-14-18(4)21-13-17(3)12-19(5)26(21)30-24/h8-15H,6-7,16H2,1-5H3,(H,31,33). The summed E-state index contributed by atoms with van der Waals surface area (Å²) < 4.78 is 12.4. The molecule has 0 spiro atoms. The number of carbonyl (C=O) groups excluding carboxylic acids is 2. The molecule has 0 bridgehead atoms. The van der Waals surface area contributed by atoms with Crippen LogP contribution in [0.1, 0.15) is 46.5 Å². The van der Waals surface area contributed by atoms with Gasteiger partial charge in [-0.3, -0.25) is 4.79 Å². The van der Waals surface area contributed by atoms with Crippen LogP contribution in [-0.4, -0.2) is 39.9 Å². The van der Waals surface area contributed by atoms with Crippen LogP contribution in [0.5, 0.6) is 5.75 Å². The molecule has 0 atom stereocenters. The summed E-state index contributed by atoms with van der Waals surface area (Å²) in [6.45, 7) is 9.76. The number of para-hydroxylation sites is 1. The van der Waals surface area contributed by atoms with Crippen LogP contribution in [0.2, 0.25) is 0 Å². The van der Waals surface area contributed by atoms with Gasteiger partial charge in [-0.2, -0.15) is 9.78 Å². The maximum atomic E-state index is 12.9. The molecular weight excluding hydrogens is 456 g/mol. The van der Waals surface area contributed by atoms with Crippen molar-refractivity contribution in [3.8, 4) is 11.6 Å². The molecule has 2 aromatic heterocycles. The summed E-state index contributed by atoms with van der Waals surface area (Å²) in [7, 11) is 0. The van der Waals surface area contributed by atoms with Crippen molar-refractivity contribution in [2.45, 2.75) is 41.0 Å². The van der Waals surface area contributed by atoms with Crippen molar-refractivity contribution >= 4 is 28.6 Å². The molecular formula is C28H30N4O4. The summed E-state index contributed by atoms with van der Waals surface area (Å²) in [5.74, 6) is 0.293. The van der Waals surface area contributed by atoms with E-state index in [1.807, 2.05) is 58.0 Å². The van der Waals surface area contributed by atoms with E-state index in [1.54, 1.807) is 6.92 Å². The Morgan fingerprint density at radius 2 is 1.81 bits per heavy atom. The van der Waals surface area contributed by atoms with Crippen LogP contribution in [0, 0.1) is 20.8 Å². The highest BCUT2D eigenvalue weighted by atomic mass is 16.5. The Morgan fingerprint density at radius 3 is 2.56 bits per heavy atom. The highest BCUT2D eigenvalue weighted by Gasteiger charge is 2.23. The number of ether oxygens (including phenoxy) is 2. The van der Waals surface area contributed by atoms with Gasteiger partial charge >= 0.3 is 5.97 Å². The van der Waals surface area contributed by atoms with Crippen LogP contribution in [0.3, 0.4) is 0 Å². The van der Waals surface area contributed by atoms with Crippen LogP contribution >= 0.6 is 0 Å². The normalized spacial score (nSPS) is 10.9. The number of aromatic nitrogens is 3. The summed E-state index contributed by atoms with van der Waals surface area (Å²) in [5.41, 5.74) is 5.16. The van der Waals surface area contributed by atoms with E-state index in [4.69, 9.17) is 14.5 Å². The number of esters is 1. The number of nitrogens with zero attached hydrogens (tertiary/aromatic N) is 3. The Bertz CT molecular complexity index is 1440. The molecule has 0 radical (unpaired) electrons. The van der Waals surface area contributed by atoms with Gasteiger partial charge in [0, 0.05) is 5.39 Å². The molecule has 4 rings (SSSR count). The van der Waals surface area contributed by atoms with Gasteiger partial charge in [0.2, 0.25) is 0 Å². The second-order valence-electron chi connectivity index (χ2n) is 8.61. The Labute approximate surface area is 210 Å². The lowest BCUT2D eigenvalue weighted by atomic mass is 10.0. The second-order valence-corrected chi connectivity index (χ2v) is 8.61. The fraction of sp³-hybridized carbons (Fsp3) is 0.286. The second kappa shape index (κ2) is 10.6. The molecule has 0 fully saturated rings. The third-order valence-electron chi connectivity index (χ3n) is 5.89. The first-order valence-corrected chi connectivity index (χ1v) is 12.0. The first kappa shape index (κ1) is 24.9. The molecule has 0 aliphatic rings. The number of carbonyl (C=O) groups is 2. The van der Waals surface area contributed by atoms with Crippen molar-refractivity contribution < 1.29 is 19.1 Å². The highest BCUT2D eigenvalue weighted by Crippen LogP contribution is 2.27. The average Bonchev–Trinajstić information content (AvgIpc) is 3.27. The van der Waals surface area contributed by atoms with Crippen molar-refractivity contribution in [1.82, 2.24) is 14.8 Å². The van der Waals surface area contributed by atoms with Gasteiger partial charge in [-0.1, -0.05) is 36.8 Å². The van der Waals surface area contributed by atoms with Crippen LogP contribution in [0.15, 0.2) is 48.7 Å². The monoisotopic (exact) mass is 486 g/mol. The molecule has 0 unspecified atom stereocenters. The lowest BCUT2D eigenvalue weighted by Crippen LogP contribution is -2.24. The zero-order chi connectivity index (χ0) is 25.8. The van der Waals surface area contributed by atoms with Crippen LogP contribution < -0.4 is 10.1 Å². The maximum absolute atomic E-state index is 12.9. The minimum absolute atomic E-state index is 0.138. The van der Waals surface area contributed by atoms with E-state index in [0.717, 1.165) is 39.6 Å². The molecule has 8 nitrogen and oxygen atoms in total. The fourth-order valence-corrected chi connectivity index (χ4v) is 4.18. The van der Waals surface area contributed by atoms with Gasteiger partial charge in [0.1, 0.15) is 11.3 Å². The topological polar surface area (TPSA) is 95.3 Å². The van der Waals surface area contributed by atoms with E-state index in [1.165, 1.54) is 10.9 Å². The number of pyridine rings is 1. The first-order valence-electron chi connectivity index (χ1n) is 12.0. The van der Waals surface area contributed by atoms with Crippen LogP contribution in [0.25, 0.3) is 16.7 Å². The molecule has 8 heteroatoms. The van der Waals surface area contributed by atoms with Gasteiger partial charge in [-0.15, -0.1) is 0 Å². The molecule has 2 heterocycles. The summed E-state index contributed by atoms with van der Waals surface area (Å²) in [4.78, 5) is 30.4. The third kappa shape index (κ3) is 5.07. The van der Waals surface area contributed by atoms with Gasteiger partial charge in [0.05, 0.1) is 18.3 Å². The maximum Gasteiger partial charge on any atom is 0.343 e. The Morgan fingerprint density at radius 1 is 1.03 bits per heavy atom. The number of anilines is 1. The third-order valence-corrected chi connectivity index (χ3v) is 5.89. The van der Waals surface area contributed by atoms with E-state index in [-0.39, 0.29) is 24.6 Å². The van der Waals surface area contributed by atoms with Gasteiger partial charge < -0.3 is 14.8 Å². The number of hydrogen-bond donors (Lipinski definition) is 1. The zero-order valence-electron chi connectivity index (χ0n) is 21.2. The molecule has 1 N–H and O–H groups in total. The van der Waals surface area contributed by atoms with Crippen molar-refractivity contribution in [3.05, 3.63) is 76.5 Å². The molecule has 0 aliphatic carbocycles. The van der Waals surface area contributed by atoms with Crippen molar-refractivity contribution in [2.24, 2.45) is 0 Å². The number of rotatable bonds is 8. The number of nitrogens with one attached hydrogen (secondary N) is 1. The summed E-state index contributed by atoms with van der Waals surface area (Å²) in [5, 5.41) is 8.22. The molecule has 2 aromatic carbocycles. The quantitative estimate of drug-likeness (QED) is 0.348. The SMILES string of the molecule is CCOC(=O)c1cnn(-c2cc(C)c3cc(C)cc(C)c3n2)c1NC(=O)COc1ccccc1CC. The molecule has 36 heavy (non-hydrogen) atoms. The van der Waals surface area contributed by atoms with Crippen molar-refractivity contribution in [3.63, 3.8) is 0 Å². The lowest BCUT2D eigenvalue weighted by molar-refractivity contribution is -0.118. The highest BCUT2D eigenvalue weighted by molar-refractivity contribution is 6.01. The number of fused-ring (bicyclic) bond motifs is 1. The molecule has 0 aliphatic heterocycles. The summed E-state index contributed by atoms with van der Waals surface area (Å²) in [6.07, 6.45) is 2.16. The number of amides is 1. The molecule has 1 amide bonds. The Balaban J connectivity index is 1.70. The molecule has 186 valence electrons. The minimum atomic E-state index is -0.583. The predicted octanol–water partition coefficient (Wildman–Crippen LogP) is 5.10. The van der Waals surface area contributed by atoms with E-state index in [2.05, 4.69) is 22.5 Å².